The molecule has 0 aromatic heterocycles. The predicted octanol–water partition coefficient (Wildman–Crippen LogP) is 15.0. The van der Waals surface area contributed by atoms with Gasteiger partial charge in [-0.3, -0.25) is 18.6 Å². The molecule has 0 saturated carbocycles. The van der Waals surface area contributed by atoms with E-state index in [9.17, 15) is 19.0 Å². The van der Waals surface area contributed by atoms with Crippen molar-refractivity contribution in [3.63, 3.8) is 0 Å². The van der Waals surface area contributed by atoms with Gasteiger partial charge in [-0.1, -0.05) is 197 Å². The summed E-state index contributed by atoms with van der Waals surface area (Å²) in [5.41, 5.74) is 0. The highest BCUT2D eigenvalue weighted by Crippen LogP contribution is 2.43. The molecule has 0 aromatic rings. The van der Waals surface area contributed by atoms with Crippen molar-refractivity contribution in [1.82, 2.24) is 0 Å². The molecule has 57 heavy (non-hydrogen) atoms. The van der Waals surface area contributed by atoms with Gasteiger partial charge in [-0.15, -0.1) is 0 Å². The average molecular weight is 823 g/mol. The molecule has 0 aliphatic carbocycles. The molecule has 8 nitrogen and oxygen atoms in total. The van der Waals surface area contributed by atoms with E-state index in [0.717, 1.165) is 83.5 Å². The fourth-order valence-electron chi connectivity index (χ4n) is 6.50. The van der Waals surface area contributed by atoms with Crippen LogP contribution in [-0.4, -0.2) is 42.8 Å². The Kier molecular flexibility index (Phi) is 42.1. The molecule has 0 heterocycles. The Morgan fingerprint density at radius 1 is 0.491 bits per heavy atom. The van der Waals surface area contributed by atoms with E-state index < -0.39 is 26.5 Å². The maximum absolute atomic E-state index is 12.6. The standard InChI is InChI=1S/C48H87O8P/c1-4-7-9-11-13-15-17-19-21-23-25-27-29-31-33-35-37-39-41-43-48(50)56-46(45-55-57(51,52)54-6-3)44-53-47(49)42-40-38-36-34-32-30-28-26-24-22-20-18-16-14-12-10-8-5-2/h7,9,13,15,19,21,25,27,46H,4-6,8,10-12,14,16-18,20,22-24,26,28-45H2,1-3H3,(H,51,52)/b9-7-,15-13-,21-19-,27-25-. The molecule has 0 saturated heterocycles. The zero-order valence-electron chi connectivity index (χ0n) is 37.0. The van der Waals surface area contributed by atoms with Crippen molar-refractivity contribution < 1.29 is 37.6 Å². The first-order chi connectivity index (χ1) is 27.8. The molecule has 0 aliphatic rings. The van der Waals surface area contributed by atoms with Crippen molar-refractivity contribution in [3.05, 3.63) is 48.6 Å². The zero-order chi connectivity index (χ0) is 41.8. The third-order valence-corrected chi connectivity index (χ3v) is 11.0. The van der Waals surface area contributed by atoms with Crippen LogP contribution in [0, 0.1) is 0 Å². The van der Waals surface area contributed by atoms with Crippen LogP contribution >= 0.6 is 7.82 Å². The number of hydrogen-bond acceptors (Lipinski definition) is 7. The summed E-state index contributed by atoms with van der Waals surface area (Å²) in [6.07, 6.45) is 51.6. The van der Waals surface area contributed by atoms with Crippen molar-refractivity contribution in [2.75, 3.05) is 19.8 Å². The van der Waals surface area contributed by atoms with E-state index in [2.05, 4.69) is 62.5 Å². The minimum atomic E-state index is -4.29. The van der Waals surface area contributed by atoms with Crippen LogP contribution in [0.3, 0.4) is 0 Å². The van der Waals surface area contributed by atoms with Gasteiger partial charge in [-0.2, -0.15) is 0 Å². The summed E-state index contributed by atoms with van der Waals surface area (Å²) in [4.78, 5) is 34.8. The lowest BCUT2D eigenvalue weighted by Gasteiger charge is -2.19. The Balaban J connectivity index is 4.05. The van der Waals surface area contributed by atoms with Crippen molar-refractivity contribution in [2.24, 2.45) is 0 Å². The van der Waals surface area contributed by atoms with Crippen LogP contribution in [0.25, 0.3) is 0 Å². The molecule has 0 bridgehead atoms. The van der Waals surface area contributed by atoms with E-state index in [1.165, 1.54) is 96.3 Å². The molecule has 0 fully saturated rings. The lowest BCUT2D eigenvalue weighted by atomic mass is 10.0. The second kappa shape index (κ2) is 43.6. The van der Waals surface area contributed by atoms with Gasteiger partial charge in [0, 0.05) is 12.8 Å². The summed E-state index contributed by atoms with van der Waals surface area (Å²) in [7, 11) is -4.29. The third kappa shape index (κ3) is 43.4. The lowest BCUT2D eigenvalue weighted by Crippen LogP contribution is -2.29. The number of carbonyl (C=O) groups is 2. The molecule has 2 unspecified atom stereocenters. The average Bonchev–Trinajstić information content (AvgIpc) is 3.19. The van der Waals surface area contributed by atoms with Gasteiger partial charge in [0.15, 0.2) is 6.10 Å². The summed E-state index contributed by atoms with van der Waals surface area (Å²) < 4.78 is 32.7. The van der Waals surface area contributed by atoms with Crippen LogP contribution in [0.5, 0.6) is 0 Å². The summed E-state index contributed by atoms with van der Waals surface area (Å²) in [5, 5.41) is 0. The maximum atomic E-state index is 12.6. The Morgan fingerprint density at radius 2 is 0.895 bits per heavy atom. The highest BCUT2D eigenvalue weighted by atomic mass is 31.2. The van der Waals surface area contributed by atoms with Gasteiger partial charge in [0.25, 0.3) is 0 Å². The molecular formula is C48H87O8P. The first-order valence-corrected chi connectivity index (χ1v) is 24.9. The van der Waals surface area contributed by atoms with Gasteiger partial charge in [0.2, 0.25) is 0 Å². The third-order valence-electron chi connectivity index (χ3n) is 9.90. The van der Waals surface area contributed by atoms with Crippen LogP contribution in [0.4, 0.5) is 0 Å². The molecule has 0 aliphatic heterocycles. The highest BCUT2D eigenvalue weighted by Gasteiger charge is 2.25. The number of esters is 2. The number of rotatable bonds is 43. The second-order valence-corrected chi connectivity index (χ2v) is 16.9. The first kappa shape index (κ1) is 55.0. The van der Waals surface area contributed by atoms with Gasteiger partial charge in [0.1, 0.15) is 6.61 Å². The number of carbonyl (C=O) groups excluding carboxylic acids is 2. The van der Waals surface area contributed by atoms with Crippen LogP contribution in [0.15, 0.2) is 48.6 Å². The number of hydrogen-bond donors (Lipinski definition) is 1. The molecule has 1 N–H and O–H groups in total. The Morgan fingerprint density at radius 3 is 1.35 bits per heavy atom. The van der Waals surface area contributed by atoms with E-state index in [4.69, 9.17) is 18.5 Å². The molecule has 0 radical (unpaired) electrons. The van der Waals surface area contributed by atoms with E-state index in [1.807, 2.05) is 0 Å². The van der Waals surface area contributed by atoms with Crippen LogP contribution < -0.4 is 0 Å². The number of allylic oxidation sites excluding steroid dienone is 8. The van der Waals surface area contributed by atoms with Crippen molar-refractivity contribution in [3.8, 4) is 0 Å². The van der Waals surface area contributed by atoms with Gasteiger partial charge in [0.05, 0.1) is 13.2 Å². The molecule has 0 spiro atoms. The molecule has 9 heteroatoms. The van der Waals surface area contributed by atoms with Crippen LogP contribution in [0.2, 0.25) is 0 Å². The van der Waals surface area contributed by atoms with Crippen LogP contribution in [0.1, 0.15) is 220 Å². The van der Waals surface area contributed by atoms with E-state index >= 15 is 0 Å². The van der Waals surface area contributed by atoms with Crippen LogP contribution in [-0.2, 0) is 32.7 Å². The Bertz CT molecular complexity index is 1070. The number of phosphoric acid groups is 1. The monoisotopic (exact) mass is 823 g/mol. The smallest absolute Gasteiger partial charge is 0.462 e. The summed E-state index contributed by atoms with van der Waals surface area (Å²) in [6, 6.07) is 0. The topological polar surface area (TPSA) is 108 Å². The number of phosphoric ester groups is 1. The largest absolute Gasteiger partial charge is 0.472 e. The van der Waals surface area contributed by atoms with E-state index in [0.29, 0.717) is 12.8 Å². The quantitative estimate of drug-likeness (QED) is 0.0280. The molecule has 0 rings (SSSR count). The van der Waals surface area contributed by atoms with Crippen molar-refractivity contribution in [2.45, 2.75) is 226 Å². The predicted molar refractivity (Wildman–Crippen MR) is 239 cm³/mol. The summed E-state index contributed by atoms with van der Waals surface area (Å²) in [5.74, 6) is -0.807. The van der Waals surface area contributed by atoms with Gasteiger partial charge in [-0.05, 0) is 58.3 Å². The fraction of sp³-hybridized carbons (Fsp3) is 0.792. The lowest BCUT2D eigenvalue weighted by molar-refractivity contribution is -0.161. The molecule has 332 valence electrons. The number of ether oxygens (including phenoxy) is 2. The van der Waals surface area contributed by atoms with Gasteiger partial charge >= 0.3 is 19.8 Å². The Hall–Kier alpha value is -1.99. The normalized spacial score (nSPS) is 13.7. The van der Waals surface area contributed by atoms with Crippen molar-refractivity contribution >= 4 is 19.8 Å². The van der Waals surface area contributed by atoms with Gasteiger partial charge < -0.3 is 14.4 Å². The zero-order valence-corrected chi connectivity index (χ0v) is 37.9. The van der Waals surface area contributed by atoms with E-state index in [1.54, 1.807) is 6.92 Å². The Labute approximate surface area is 350 Å². The SMILES string of the molecule is CC/C=C\C/C=C\C/C=C\C/C=C\CCCCCCCCC(=O)OC(COC(=O)CCCCCCCCCCCCCCCCCCCC)COP(=O)(O)OCC. The molecule has 0 amide bonds. The maximum Gasteiger partial charge on any atom is 0.472 e. The molecular weight excluding hydrogens is 735 g/mol. The fourth-order valence-corrected chi connectivity index (χ4v) is 7.26. The first-order valence-electron chi connectivity index (χ1n) is 23.4. The van der Waals surface area contributed by atoms with Gasteiger partial charge in [-0.25, -0.2) is 4.57 Å². The molecule has 2 atom stereocenters. The molecule has 0 aromatic carbocycles. The highest BCUT2D eigenvalue weighted by molar-refractivity contribution is 7.47. The van der Waals surface area contributed by atoms with Crippen molar-refractivity contribution in [1.29, 1.82) is 0 Å². The van der Waals surface area contributed by atoms with E-state index in [-0.39, 0.29) is 25.6 Å². The summed E-state index contributed by atoms with van der Waals surface area (Å²) >= 11 is 0. The minimum Gasteiger partial charge on any atom is -0.462 e. The second-order valence-electron chi connectivity index (χ2n) is 15.4. The minimum absolute atomic E-state index is 0.00292. The summed E-state index contributed by atoms with van der Waals surface area (Å²) in [6.45, 7) is 5.37. The number of unbranched alkanes of at least 4 members (excludes halogenated alkanes) is 23.